The highest BCUT2D eigenvalue weighted by atomic mass is 35.5. The lowest BCUT2D eigenvalue weighted by atomic mass is 10.0. The molecule has 1 heterocycles. The van der Waals surface area contributed by atoms with E-state index in [1.165, 1.54) is 6.33 Å². The summed E-state index contributed by atoms with van der Waals surface area (Å²) in [5, 5.41) is 8.05. The van der Waals surface area contributed by atoms with Gasteiger partial charge in [0.15, 0.2) is 5.15 Å². The summed E-state index contributed by atoms with van der Waals surface area (Å²) in [5.41, 5.74) is 2.19. The Morgan fingerprint density at radius 2 is 1.94 bits per heavy atom. The fourth-order valence-electron chi connectivity index (χ4n) is 1.72. The molecule has 2 rings (SSSR count). The normalized spacial score (nSPS) is 10.2. The molecule has 0 bridgehead atoms. The van der Waals surface area contributed by atoms with E-state index in [-0.39, 0.29) is 5.15 Å². The molecule has 0 atom stereocenters. The minimum atomic E-state index is 0.288. The molecule has 0 radical (unpaired) electrons. The minimum absolute atomic E-state index is 0.288. The van der Waals surface area contributed by atoms with Crippen molar-refractivity contribution >= 4 is 11.6 Å². The topological polar surface area (TPSA) is 57.1 Å². The lowest BCUT2D eigenvalue weighted by molar-refractivity contribution is 0.394. The number of nitrogens with zero attached hydrogens (tertiary/aromatic N) is 3. The van der Waals surface area contributed by atoms with Gasteiger partial charge in [-0.1, -0.05) is 11.6 Å². The predicted octanol–water partition coefficient (Wildman–Crippen LogP) is 2.52. The molecule has 0 aliphatic rings. The van der Waals surface area contributed by atoms with Crippen LogP contribution in [0.1, 0.15) is 5.56 Å². The van der Waals surface area contributed by atoms with Gasteiger partial charge in [0, 0.05) is 6.07 Å². The fraction of sp³-hybridized carbons (Fsp3) is 0.250. The zero-order chi connectivity index (χ0) is 13.1. The Morgan fingerprint density at radius 1 is 1.17 bits per heavy atom. The van der Waals surface area contributed by atoms with Gasteiger partial charge in [-0.25, -0.2) is 4.98 Å². The van der Waals surface area contributed by atoms with Gasteiger partial charge in [-0.3, -0.25) is 0 Å². The van der Waals surface area contributed by atoms with Gasteiger partial charge in [0.05, 0.1) is 19.8 Å². The maximum Gasteiger partial charge on any atom is 0.159 e. The van der Waals surface area contributed by atoms with Gasteiger partial charge in [0.2, 0.25) is 0 Å². The van der Waals surface area contributed by atoms with Crippen LogP contribution in [0.5, 0.6) is 11.5 Å². The first-order valence-electron chi connectivity index (χ1n) is 5.23. The second-order valence-electron chi connectivity index (χ2n) is 3.62. The van der Waals surface area contributed by atoms with Crippen LogP contribution in [0.3, 0.4) is 0 Å². The highest BCUT2D eigenvalue weighted by Crippen LogP contribution is 2.37. The van der Waals surface area contributed by atoms with E-state index < -0.39 is 0 Å². The Labute approximate surface area is 110 Å². The molecule has 0 fully saturated rings. The monoisotopic (exact) mass is 265 g/mol. The van der Waals surface area contributed by atoms with Crippen molar-refractivity contribution in [2.75, 3.05) is 14.2 Å². The second kappa shape index (κ2) is 5.18. The van der Waals surface area contributed by atoms with E-state index in [4.69, 9.17) is 21.1 Å². The molecule has 0 aliphatic carbocycles. The molecule has 18 heavy (non-hydrogen) atoms. The molecular formula is C12H12ClN3O2. The molecule has 0 N–H and O–H groups in total. The van der Waals surface area contributed by atoms with Gasteiger partial charge in [-0.2, -0.15) is 0 Å². The minimum Gasteiger partial charge on any atom is -0.497 e. The van der Waals surface area contributed by atoms with Crippen LogP contribution in [0.25, 0.3) is 11.3 Å². The van der Waals surface area contributed by atoms with Gasteiger partial charge < -0.3 is 9.47 Å². The fourth-order valence-corrected chi connectivity index (χ4v) is 1.90. The van der Waals surface area contributed by atoms with E-state index in [0.717, 1.165) is 11.1 Å². The summed E-state index contributed by atoms with van der Waals surface area (Å²) in [4.78, 5) is 3.92. The van der Waals surface area contributed by atoms with E-state index in [9.17, 15) is 0 Å². The van der Waals surface area contributed by atoms with Crippen molar-refractivity contribution in [1.82, 2.24) is 15.2 Å². The number of methoxy groups -OCH3 is 2. The third kappa shape index (κ3) is 2.22. The van der Waals surface area contributed by atoms with Crippen molar-refractivity contribution < 1.29 is 9.47 Å². The number of halogens is 1. The van der Waals surface area contributed by atoms with E-state index >= 15 is 0 Å². The zero-order valence-electron chi connectivity index (χ0n) is 10.3. The predicted molar refractivity (Wildman–Crippen MR) is 68.1 cm³/mol. The summed E-state index contributed by atoms with van der Waals surface area (Å²) in [6, 6.07) is 3.65. The Bertz CT molecular complexity index is 575. The molecule has 94 valence electrons. The summed E-state index contributed by atoms with van der Waals surface area (Å²) < 4.78 is 10.5. The molecule has 0 saturated heterocycles. The standard InChI is InChI=1S/C12H12ClN3O2/c1-7-4-8(17-2)5-9(18-3)10(7)11-12(13)14-6-15-16-11/h4-6H,1-3H3. The average Bonchev–Trinajstić information content (AvgIpc) is 2.39. The molecular weight excluding hydrogens is 254 g/mol. The van der Waals surface area contributed by atoms with Crippen molar-refractivity contribution in [3.63, 3.8) is 0 Å². The Morgan fingerprint density at radius 3 is 2.56 bits per heavy atom. The number of rotatable bonds is 3. The summed E-state index contributed by atoms with van der Waals surface area (Å²) >= 11 is 6.03. The first-order valence-corrected chi connectivity index (χ1v) is 5.61. The molecule has 1 aromatic heterocycles. The first kappa shape index (κ1) is 12.6. The van der Waals surface area contributed by atoms with Gasteiger partial charge in [0.25, 0.3) is 0 Å². The van der Waals surface area contributed by atoms with Gasteiger partial charge >= 0.3 is 0 Å². The van der Waals surface area contributed by atoms with Crippen molar-refractivity contribution in [2.24, 2.45) is 0 Å². The SMILES string of the molecule is COc1cc(C)c(-c2nncnc2Cl)c(OC)c1. The Balaban J connectivity index is 2.67. The highest BCUT2D eigenvalue weighted by Gasteiger charge is 2.16. The molecule has 0 aliphatic heterocycles. The zero-order valence-corrected chi connectivity index (χ0v) is 11.0. The molecule has 6 heteroatoms. The van der Waals surface area contributed by atoms with E-state index in [2.05, 4.69) is 15.2 Å². The number of aryl methyl sites for hydroxylation is 1. The highest BCUT2D eigenvalue weighted by molar-refractivity contribution is 6.31. The molecule has 0 spiro atoms. The maximum atomic E-state index is 6.03. The Hall–Kier alpha value is -1.88. The van der Waals surface area contributed by atoms with Crippen molar-refractivity contribution in [3.05, 3.63) is 29.2 Å². The number of hydrogen-bond acceptors (Lipinski definition) is 5. The molecule has 0 saturated carbocycles. The molecule has 5 nitrogen and oxygen atoms in total. The molecule has 0 amide bonds. The van der Waals surface area contributed by atoms with Crippen LogP contribution in [0, 0.1) is 6.92 Å². The van der Waals surface area contributed by atoms with Crippen LogP contribution in [0.15, 0.2) is 18.5 Å². The third-order valence-corrected chi connectivity index (χ3v) is 2.82. The lowest BCUT2D eigenvalue weighted by Crippen LogP contribution is -1.98. The molecule has 1 aromatic carbocycles. The number of hydrogen-bond donors (Lipinski definition) is 0. The van der Waals surface area contributed by atoms with Gasteiger partial charge in [-0.15, -0.1) is 10.2 Å². The van der Waals surface area contributed by atoms with Crippen molar-refractivity contribution in [1.29, 1.82) is 0 Å². The van der Waals surface area contributed by atoms with E-state index in [1.807, 2.05) is 13.0 Å². The van der Waals surface area contributed by atoms with Crippen LogP contribution in [-0.4, -0.2) is 29.4 Å². The second-order valence-corrected chi connectivity index (χ2v) is 3.98. The first-order chi connectivity index (χ1) is 8.67. The van der Waals surface area contributed by atoms with Gasteiger partial charge in [0.1, 0.15) is 23.5 Å². The quantitative estimate of drug-likeness (QED) is 0.853. The van der Waals surface area contributed by atoms with E-state index in [1.54, 1.807) is 20.3 Å². The summed E-state index contributed by atoms with van der Waals surface area (Å²) in [5.74, 6) is 1.33. The average molecular weight is 266 g/mol. The number of ether oxygens (including phenoxy) is 2. The molecule has 2 aromatic rings. The van der Waals surface area contributed by atoms with E-state index in [0.29, 0.717) is 17.2 Å². The Kier molecular flexibility index (Phi) is 3.62. The van der Waals surface area contributed by atoms with Crippen LogP contribution in [0.2, 0.25) is 5.15 Å². The van der Waals surface area contributed by atoms with Crippen LogP contribution in [0.4, 0.5) is 0 Å². The van der Waals surface area contributed by atoms with Crippen molar-refractivity contribution in [3.8, 4) is 22.8 Å². The summed E-state index contributed by atoms with van der Waals surface area (Å²) in [6.45, 7) is 1.92. The summed E-state index contributed by atoms with van der Waals surface area (Å²) in [6.07, 6.45) is 1.30. The third-order valence-electron chi connectivity index (χ3n) is 2.54. The summed E-state index contributed by atoms with van der Waals surface area (Å²) in [7, 11) is 3.18. The largest absolute Gasteiger partial charge is 0.497 e. The maximum absolute atomic E-state index is 6.03. The van der Waals surface area contributed by atoms with Gasteiger partial charge in [-0.05, 0) is 18.6 Å². The van der Waals surface area contributed by atoms with Crippen molar-refractivity contribution in [2.45, 2.75) is 6.92 Å². The lowest BCUT2D eigenvalue weighted by Gasteiger charge is -2.13. The number of benzene rings is 1. The van der Waals surface area contributed by atoms with Crippen LogP contribution < -0.4 is 9.47 Å². The van der Waals surface area contributed by atoms with Crippen LogP contribution >= 0.6 is 11.6 Å². The number of aromatic nitrogens is 3. The smallest absolute Gasteiger partial charge is 0.159 e. The molecule has 0 unspecified atom stereocenters. The van der Waals surface area contributed by atoms with Crippen LogP contribution in [-0.2, 0) is 0 Å².